The Morgan fingerprint density at radius 2 is 1.61 bits per heavy atom. The molecule has 1 aliphatic heterocycles. The van der Waals surface area contributed by atoms with Gasteiger partial charge in [0.1, 0.15) is 23.0 Å². The summed E-state index contributed by atoms with van der Waals surface area (Å²) in [4.78, 5) is 0. The van der Waals surface area contributed by atoms with Gasteiger partial charge in [0.15, 0.2) is 0 Å². The van der Waals surface area contributed by atoms with Crippen molar-refractivity contribution in [1.29, 1.82) is 0 Å². The predicted molar refractivity (Wildman–Crippen MR) is 129 cm³/mol. The molecular formula is C26H20NO5P. The van der Waals surface area contributed by atoms with E-state index in [1.807, 2.05) is 35.8 Å². The maximum absolute atomic E-state index is 14.6. The molecule has 1 aliphatic rings. The van der Waals surface area contributed by atoms with Crippen molar-refractivity contribution in [3.05, 3.63) is 72.8 Å². The smallest absolute Gasteiger partial charge is 0.311 e. The van der Waals surface area contributed by atoms with Gasteiger partial charge in [0, 0.05) is 29.1 Å². The maximum atomic E-state index is 14.6. The van der Waals surface area contributed by atoms with Crippen LogP contribution in [0.2, 0.25) is 0 Å². The summed E-state index contributed by atoms with van der Waals surface area (Å²) in [5.74, 6) is 0.127. The van der Waals surface area contributed by atoms with Crippen LogP contribution >= 0.6 is 7.37 Å². The summed E-state index contributed by atoms with van der Waals surface area (Å²) in [7, 11) is -3.83. The first kappa shape index (κ1) is 19.8. The number of hydrogen-bond acceptors (Lipinski definition) is 5. The summed E-state index contributed by atoms with van der Waals surface area (Å²) in [5.41, 5.74) is 2.73. The zero-order chi connectivity index (χ0) is 22.9. The van der Waals surface area contributed by atoms with E-state index < -0.39 is 7.37 Å². The lowest BCUT2D eigenvalue weighted by atomic mass is 10.0. The molecule has 1 aromatic heterocycles. The maximum Gasteiger partial charge on any atom is 0.311 e. The molecule has 1 unspecified atom stereocenters. The van der Waals surface area contributed by atoms with Gasteiger partial charge < -0.3 is 24.4 Å². The second-order valence-electron chi connectivity index (χ2n) is 8.09. The molecule has 0 radical (unpaired) electrons. The highest BCUT2D eigenvalue weighted by molar-refractivity contribution is 7.75. The van der Waals surface area contributed by atoms with E-state index in [-0.39, 0.29) is 22.6 Å². The predicted octanol–water partition coefficient (Wildman–Crippen LogP) is 5.22. The van der Waals surface area contributed by atoms with Crippen LogP contribution in [0.15, 0.2) is 72.8 Å². The van der Waals surface area contributed by atoms with Gasteiger partial charge in [0.25, 0.3) is 0 Å². The van der Waals surface area contributed by atoms with Crippen LogP contribution in [-0.2, 0) is 11.1 Å². The van der Waals surface area contributed by atoms with Crippen LogP contribution < -0.4 is 15.1 Å². The Morgan fingerprint density at radius 3 is 2.39 bits per heavy atom. The van der Waals surface area contributed by atoms with Gasteiger partial charge in [-0.3, -0.25) is 4.57 Å². The van der Waals surface area contributed by atoms with Crippen molar-refractivity contribution in [3.63, 3.8) is 0 Å². The summed E-state index contributed by atoms with van der Waals surface area (Å²) in [6.07, 6.45) is 0. The molecule has 3 N–H and O–H groups in total. The SMILES string of the molecule is CCn1c2ccc(O)cc2c2c(O)c(P3(=O)Oc4ccccc4-c4ccccc43)cc(O)c21. The molecule has 2 heterocycles. The van der Waals surface area contributed by atoms with Crippen LogP contribution in [0.5, 0.6) is 23.0 Å². The number of para-hydroxylation sites is 1. The molecule has 0 spiro atoms. The molecule has 0 saturated carbocycles. The van der Waals surface area contributed by atoms with Crippen molar-refractivity contribution in [2.45, 2.75) is 13.5 Å². The van der Waals surface area contributed by atoms with Crippen LogP contribution in [0.4, 0.5) is 0 Å². The first-order chi connectivity index (χ1) is 15.9. The summed E-state index contributed by atoms with van der Waals surface area (Å²) in [6.45, 7) is 2.46. The fraction of sp³-hybridized carbons (Fsp3) is 0.0769. The Bertz CT molecular complexity index is 1650. The van der Waals surface area contributed by atoms with Crippen LogP contribution in [-0.4, -0.2) is 19.9 Å². The summed E-state index contributed by atoms with van der Waals surface area (Å²) >= 11 is 0. The number of rotatable bonds is 2. The number of fused-ring (bicyclic) bond motifs is 6. The van der Waals surface area contributed by atoms with Crippen molar-refractivity contribution >= 4 is 39.8 Å². The molecule has 0 bridgehead atoms. The Balaban J connectivity index is 1.73. The number of nitrogens with zero attached hydrogens (tertiary/aromatic N) is 1. The minimum absolute atomic E-state index is 0.0212. The molecule has 0 aliphatic carbocycles. The molecule has 7 heteroatoms. The van der Waals surface area contributed by atoms with Gasteiger partial charge in [-0.05, 0) is 42.8 Å². The quantitative estimate of drug-likeness (QED) is 0.250. The average Bonchev–Trinajstić information content (AvgIpc) is 3.16. The molecule has 0 fully saturated rings. The fourth-order valence-electron chi connectivity index (χ4n) is 4.89. The second kappa shape index (κ2) is 6.80. The van der Waals surface area contributed by atoms with Gasteiger partial charge >= 0.3 is 7.37 Å². The highest BCUT2D eigenvalue weighted by atomic mass is 31.2. The van der Waals surface area contributed by atoms with Crippen molar-refractivity contribution in [2.75, 3.05) is 0 Å². The van der Waals surface area contributed by atoms with Crippen molar-refractivity contribution < 1.29 is 24.4 Å². The third-order valence-corrected chi connectivity index (χ3v) is 8.75. The lowest BCUT2D eigenvalue weighted by Gasteiger charge is -2.29. The standard InChI is InChI=1S/C26H20NO5P/c1-2-27-19-12-11-15(28)13-18(19)24-25(27)20(29)14-23(26(24)30)33(31)22-10-6-4-8-17(22)16-7-3-5-9-21(16)32-33/h3-14,28-30H,2H2,1H3. The number of phenolic OH excluding ortho intramolecular Hbond substituents is 3. The molecule has 6 nitrogen and oxygen atoms in total. The topological polar surface area (TPSA) is 91.9 Å². The largest absolute Gasteiger partial charge is 0.508 e. The third-order valence-electron chi connectivity index (χ3n) is 6.30. The minimum Gasteiger partial charge on any atom is -0.508 e. The van der Waals surface area contributed by atoms with E-state index in [9.17, 15) is 19.9 Å². The van der Waals surface area contributed by atoms with Gasteiger partial charge in [0.2, 0.25) is 0 Å². The van der Waals surface area contributed by atoms with E-state index in [4.69, 9.17) is 4.52 Å². The van der Waals surface area contributed by atoms with Crippen LogP contribution in [0.25, 0.3) is 32.9 Å². The van der Waals surface area contributed by atoms with Gasteiger partial charge in [-0.25, -0.2) is 0 Å². The number of aromatic hydroxyl groups is 3. The van der Waals surface area contributed by atoms with Gasteiger partial charge in [-0.2, -0.15) is 0 Å². The number of hydrogen-bond donors (Lipinski definition) is 3. The highest BCUT2D eigenvalue weighted by Gasteiger charge is 2.41. The van der Waals surface area contributed by atoms with E-state index in [0.29, 0.717) is 33.9 Å². The van der Waals surface area contributed by atoms with Gasteiger partial charge in [0.05, 0.1) is 21.5 Å². The minimum atomic E-state index is -3.83. The van der Waals surface area contributed by atoms with E-state index in [0.717, 1.165) is 16.6 Å². The lowest BCUT2D eigenvalue weighted by molar-refractivity contribution is 0.466. The van der Waals surface area contributed by atoms with E-state index in [1.54, 1.807) is 36.4 Å². The summed E-state index contributed by atoms with van der Waals surface area (Å²) in [5, 5.41) is 34.0. The van der Waals surface area contributed by atoms with Crippen LogP contribution in [0.1, 0.15) is 6.92 Å². The first-order valence-corrected chi connectivity index (χ1v) is 12.3. The molecule has 6 rings (SSSR count). The van der Waals surface area contributed by atoms with Gasteiger partial charge in [-0.1, -0.05) is 36.4 Å². The molecular weight excluding hydrogens is 437 g/mol. The number of benzene rings is 4. The molecule has 33 heavy (non-hydrogen) atoms. The van der Waals surface area contributed by atoms with E-state index >= 15 is 0 Å². The number of aromatic nitrogens is 1. The normalized spacial score (nSPS) is 17.0. The number of aryl methyl sites for hydroxylation is 1. The Morgan fingerprint density at radius 1 is 0.879 bits per heavy atom. The summed E-state index contributed by atoms with van der Waals surface area (Å²) in [6, 6.07) is 20.7. The molecule has 0 amide bonds. The number of phenols is 3. The molecule has 0 saturated heterocycles. The molecule has 4 aromatic carbocycles. The highest BCUT2D eigenvalue weighted by Crippen LogP contribution is 2.57. The van der Waals surface area contributed by atoms with Crippen molar-refractivity contribution in [1.82, 2.24) is 4.57 Å². The first-order valence-electron chi connectivity index (χ1n) is 10.6. The van der Waals surface area contributed by atoms with Gasteiger partial charge in [-0.15, -0.1) is 0 Å². The monoisotopic (exact) mass is 457 g/mol. The summed E-state index contributed by atoms with van der Waals surface area (Å²) < 4.78 is 22.5. The lowest BCUT2D eigenvalue weighted by Crippen LogP contribution is -2.25. The van der Waals surface area contributed by atoms with E-state index in [2.05, 4.69) is 0 Å². The average molecular weight is 457 g/mol. The Hall–Kier alpha value is -3.89. The third kappa shape index (κ3) is 2.58. The Labute approximate surface area is 189 Å². The second-order valence-corrected chi connectivity index (χ2v) is 10.3. The molecule has 164 valence electrons. The van der Waals surface area contributed by atoms with Crippen LogP contribution in [0, 0.1) is 0 Å². The molecule has 5 aromatic rings. The van der Waals surface area contributed by atoms with Crippen molar-refractivity contribution in [2.24, 2.45) is 0 Å². The zero-order valence-electron chi connectivity index (χ0n) is 17.7. The Kier molecular flexibility index (Phi) is 4.08. The zero-order valence-corrected chi connectivity index (χ0v) is 18.6. The van der Waals surface area contributed by atoms with Crippen molar-refractivity contribution in [3.8, 4) is 34.1 Å². The molecule has 1 atom stereocenters. The van der Waals surface area contributed by atoms with E-state index in [1.165, 1.54) is 12.1 Å². The van der Waals surface area contributed by atoms with Crippen LogP contribution in [0.3, 0.4) is 0 Å². The fourth-order valence-corrected chi connectivity index (χ4v) is 7.26.